The molecule has 17 heavy (non-hydrogen) atoms. The molecule has 1 aromatic heterocycles. The Hall–Kier alpha value is -1.90. The van der Waals surface area contributed by atoms with Crippen LogP contribution in [0.5, 0.6) is 0 Å². The van der Waals surface area contributed by atoms with Crippen molar-refractivity contribution in [1.82, 2.24) is 9.78 Å². The van der Waals surface area contributed by atoms with Crippen LogP contribution in [0.4, 0.5) is 5.69 Å². The second kappa shape index (κ2) is 4.53. The first-order valence-electron chi connectivity index (χ1n) is 5.67. The van der Waals surface area contributed by atoms with Crippen LogP contribution in [0.1, 0.15) is 22.3 Å². The molecule has 88 valence electrons. The molecule has 0 fully saturated rings. The predicted molar refractivity (Wildman–Crippen MR) is 71.1 cm³/mol. The summed E-state index contributed by atoms with van der Waals surface area (Å²) in [4.78, 5) is 4.44. The molecule has 0 radical (unpaired) electrons. The Kier molecular flexibility index (Phi) is 3.09. The highest BCUT2D eigenvalue weighted by Gasteiger charge is 2.01. The first-order valence-corrected chi connectivity index (χ1v) is 5.67. The number of aromatic nitrogens is 2. The largest absolute Gasteiger partial charge is 0.274 e. The molecular weight excluding hydrogens is 210 g/mol. The van der Waals surface area contributed by atoms with E-state index in [0.29, 0.717) is 0 Å². The second-order valence-electron chi connectivity index (χ2n) is 4.44. The van der Waals surface area contributed by atoms with Crippen LogP contribution in [0.2, 0.25) is 0 Å². The lowest BCUT2D eigenvalue weighted by atomic mass is 10.0. The molecule has 0 N–H and O–H groups in total. The molecule has 0 spiro atoms. The average Bonchev–Trinajstić information content (AvgIpc) is 2.62. The fourth-order valence-electron chi connectivity index (χ4n) is 2.01. The van der Waals surface area contributed by atoms with Crippen LogP contribution in [0, 0.1) is 20.8 Å². The minimum atomic E-state index is 0.881. The quantitative estimate of drug-likeness (QED) is 0.725. The molecule has 2 aromatic rings. The molecule has 3 nitrogen and oxygen atoms in total. The summed E-state index contributed by atoms with van der Waals surface area (Å²) >= 11 is 0. The molecule has 0 unspecified atom stereocenters. The number of nitrogens with zero attached hydrogens (tertiary/aromatic N) is 3. The normalized spacial score (nSPS) is 11.3. The van der Waals surface area contributed by atoms with Crippen molar-refractivity contribution in [2.75, 3.05) is 0 Å². The van der Waals surface area contributed by atoms with Crippen LogP contribution in [-0.4, -0.2) is 16.0 Å². The van der Waals surface area contributed by atoms with Crippen molar-refractivity contribution in [3.8, 4) is 0 Å². The molecule has 0 saturated carbocycles. The Labute approximate surface area is 102 Å². The lowest BCUT2D eigenvalue weighted by Gasteiger charge is -2.06. The van der Waals surface area contributed by atoms with Crippen LogP contribution < -0.4 is 0 Å². The van der Waals surface area contributed by atoms with Gasteiger partial charge in [0.2, 0.25) is 0 Å². The van der Waals surface area contributed by atoms with Crippen molar-refractivity contribution in [1.29, 1.82) is 0 Å². The number of rotatable bonds is 2. The molecule has 2 rings (SSSR count). The highest BCUT2D eigenvalue weighted by atomic mass is 15.2. The lowest BCUT2D eigenvalue weighted by molar-refractivity contribution is 0.768. The van der Waals surface area contributed by atoms with Crippen LogP contribution in [0.3, 0.4) is 0 Å². The van der Waals surface area contributed by atoms with Gasteiger partial charge >= 0.3 is 0 Å². The zero-order valence-electron chi connectivity index (χ0n) is 10.7. The second-order valence-corrected chi connectivity index (χ2v) is 4.44. The summed E-state index contributed by atoms with van der Waals surface area (Å²) in [6.07, 6.45) is 5.58. The van der Waals surface area contributed by atoms with E-state index in [2.05, 4.69) is 43.0 Å². The molecule has 0 aliphatic rings. The van der Waals surface area contributed by atoms with E-state index < -0.39 is 0 Å². The summed E-state index contributed by atoms with van der Waals surface area (Å²) < 4.78 is 1.75. The van der Waals surface area contributed by atoms with E-state index in [1.54, 1.807) is 10.9 Å². The summed E-state index contributed by atoms with van der Waals surface area (Å²) in [5.41, 5.74) is 5.88. The van der Waals surface area contributed by atoms with Gasteiger partial charge < -0.3 is 0 Å². The zero-order valence-corrected chi connectivity index (χ0v) is 10.7. The Morgan fingerprint density at radius 2 is 1.82 bits per heavy atom. The van der Waals surface area contributed by atoms with Gasteiger partial charge in [-0.3, -0.25) is 9.67 Å². The lowest BCUT2D eigenvalue weighted by Crippen LogP contribution is -1.93. The summed E-state index contributed by atoms with van der Waals surface area (Å²) in [6.45, 7) is 6.34. The Morgan fingerprint density at radius 1 is 1.18 bits per heavy atom. The highest BCUT2D eigenvalue weighted by molar-refractivity contribution is 5.85. The fraction of sp³-hybridized carbons (Fsp3) is 0.286. The van der Waals surface area contributed by atoms with Crippen molar-refractivity contribution < 1.29 is 0 Å². The number of hydrogen-bond donors (Lipinski definition) is 0. The van der Waals surface area contributed by atoms with Crippen molar-refractivity contribution in [2.45, 2.75) is 20.8 Å². The first kappa shape index (κ1) is 11.6. The SMILES string of the molecule is Cc1cc(C)c(C=Nc2cnn(C)c2)c(C)c1. The van der Waals surface area contributed by atoms with Gasteiger partial charge in [0.1, 0.15) is 5.69 Å². The third kappa shape index (κ3) is 2.61. The molecule has 1 aromatic carbocycles. The van der Waals surface area contributed by atoms with Gasteiger partial charge in [-0.25, -0.2) is 0 Å². The van der Waals surface area contributed by atoms with Crippen LogP contribution in [0.15, 0.2) is 29.5 Å². The van der Waals surface area contributed by atoms with Gasteiger partial charge in [-0.2, -0.15) is 5.10 Å². The maximum absolute atomic E-state index is 4.44. The van der Waals surface area contributed by atoms with Gasteiger partial charge in [-0.15, -0.1) is 0 Å². The highest BCUT2D eigenvalue weighted by Crippen LogP contribution is 2.16. The number of hydrogen-bond acceptors (Lipinski definition) is 2. The van der Waals surface area contributed by atoms with Crippen LogP contribution >= 0.6 is 0 Å². The van der Waals surface area contributed by atoms with E-state index in [9.17, 15) is 0 Å². The Morgan fingerprint density at radius 3 is 2.35 bits per heavy atom. The van der Waals surface area contributed by atoms with Crippen molar-refractivity contribution >= 4 is 11.9 Å². The standard InChI is InChI=1S/C14H17N3/c1-10-5-11(2)14(12(3)6-10)8-15-13-7-16-17(4)9-13/h5-9H,1-4H3. The monoisotopic (exact) mass is 227 g/mol. The van der Waals surface area contributed by atoms with E-state index in [1.165, 1.54) is 22.3 Å². The zero-order chi connectivity index (χ0) is 12.4. The molecule has 0 amide bonds. The summed E-state index contributed by atoms with van der Waals surface area (Å²) in [5.74, 6) is 0. The third-order valence-corrected chi connectivity index (χ3v) is 2.77. The maximum Gasteiger partial charge on any atom is 0.101 e. The smallest absolute Gasteiger partial charge is 0.101 e. The van der Waals surface area contributed by atoms with Gasteiger partial charge in [0.25, 0.3) is 0 Å². The number of aliphatic imine (C=N–C) groups is 1. The summed E-state index contributed by atoms with van der Waals surface area (Å²) in [5, 5.41) is 4.09. The average molecular weight is 227 g/mol. The van der Waals surface area contributed by atoms with Crippen molar-refractivity contribution in [2.24, 2.45) is 12.0 Å². The van der Waals surface area contributed by atoms with Crippen LogP contribution in [-0.2, 0) is 7.05 Å². The molecule has 0 aliphatic carbocycles. The van der Waals surface area contributed by atoms with E-state index in [0.717, 1.165) is 5.69 Å². The number of aryl methyl sites for hydroxylation is 4. The minimum Gasteiger partial charge on any atom is -0.274 e. The molecule has 0 atom stereocenters. The molecule has 3 heteroatoms. The third-order valence-electron chi connectivity index (χ3n) is 2.77. The molecule has 0 saturated heterocycles. The van der Waals surface area contributed by atoms with Gasteiger partial charge in [0.15, 0.2) is 0 Å². The Bertz CT molecular complexity index is 542. The van der Waals surface area contributed by atoms with E-state index in [4.69, 9.17) is 0 Å². The number of benzene rings is 1. The Balaban J connectivity index is 2.33. The predicted octanol–water partition coefficient (Wildman–Crippen LogP) is 3.10. The summed E-state index contributed by atoms with van der Waals surface area (Å²) in [6, 6.07) is 4.36. The van der Waals surface area contributed by atoms with E-state index in [1.807, 2.05) is 19.5 Å². The summed E-state index contributed by atoms with van der Waals surface area (Å²) in [7, 11) is 1.89. The molecule has 0 bridgehead atoms. The van der Waals surface area contributed by atoms with Crippen LogP contribution in [0.25, 0.3) is 0 Å². The van der Waals surface area contributed by atoms with E-state index in [-0.39, 0.29) is 0 Å². The fourth-order valence-corrected chi connectivity index (χ4v) is 2.01. The molecular formula is C14H17N3. The van der Waals surface area contributed by atoms with Gasteiger partial charge in [-0.1, -0.05) is 17.7 Å². The minimum absolute atomic E-state index is 0.881. The topological polar surface area (TPSA) is 30.2 Å². The first-order chi connectivity index (χ1) is 8.06. The van der Waals surface area contributed by atoms with Crippen molar-refractivity contribution in [3.05, 3.63) is 46.8 Å². The molecule has 0 aliphatic heterocycles. The van der Waals surface area contributed by atoms with E-state index >= 15 is 0 Å². The van der Waals surface area contributed by atoms with Gasteiger partial charge in [0, 0.05) is 13.3 Å². The van der Waals surface area contributed by atoms with Gasteiger partial charge in [-0.05, 0) is 37.5 Å². The van der Waals surface area contributed by atoms with Crippen molar-refractivity contribution in [3.63, 3.8) is 0 Å². The molecule has 1 heterocycles. The maximum atomic E-state index is 4.44. The van der Waals surface area contributed by atoms with Gasteiger partial charge in [0.05, 0.1) is 12.4 Å².